The van der Waals surface area contributed by atoms with Gasteiger partial charge in [0, 0.05) is 25.0 Å². The van der Waals surface area contributed by atoms with Gasteiger partial charge in [0.15, 0.2) is 0 Å². The fourth-order valence-electron chi connectivity index (χ4n) is 1.59. The van der Waals surface area contributed by atoms with Crippen molar-refractivity contribution in [2.24, 2.45) is 5.92 Å². The van der Waals surface area contributed by atoms with E-state index in [0.29, 0.717) is 20.9 Å². The molecule has 2 heterocycles. The molecule has 19 heavy (non-hydrogen) atoms. The Balaban J connectivity index is 2.24. The van der Waals surface area contributed by atoms with Crippen molar-refractivity contribution in [3.8, 4) is 0 Å². The first kappa shape index (κ1) is 13.7. The maximum atomic E-state index is 12.1. The third kappa shape index (κ3) is 2.66. The number of thiophene rings is 1. The van der Waals surface area contributed by atoms with Gasteiger partial charge in [0.1, 0.15) is 15.2 Å². The molecule has 0 aliphatic carbocycles. The molecule has 2 rings (SSSR count). The number of rotatable bonds is 4. The molecule has 2 aromatic heterocycles. The summed E-state index contributed by atoms with van der Waals surface area (Å²) >= 11 is 1.22. The van der Waals surface area contributed by atoms with Gasteiger partial charge in [-0.3, -0.25) is 4.79 Å². The van der Waals surface area contributed by atoms with E-state index in [2.05, 4.69) is 15.3 Å². The highest BCUT2D eigenvalue weighted by Crippen LogP contribution is 2.30. The number of nitrogens with zero attached hydrogens (tertiary/aromatic N) is 2. The van der Waals surface area contributed by atoms with Crippen molar-refractivity contribution in [1.29, 1.82) is 0 Å². The minimum absolute atomic E-state index is 0.0178. The van der Waals surface area contributed by atoms with Crippen LogP contribution >= 0.6 is 11.3 Å². The fourth-order valence-corrected chi connectivity index (χ4v) is 2.51. The molecule has 2 aromatic rings. The number of aromatic nitrogens is 2. The van der Waals surface area contributed by atoms with E-state index in [1.165, 1.54) is 11.3 Å². The zero-order chi connectivity index (χ0) is 14.0. The second-order valence-corrected chi connectivity index (χ2v) is 5.48. The van der Waals surface area contributed by atoms with Gasteiger partial charge in [0.25, 0.3) is 5.91 Å². The second kappa shape index (κ2) is 5.50. The topological polar surface area (TPSA) is 101 Å². The number of carbonyl (C=O) groups is 1. The maximum absolute atomic E-state index is 12.1. The van der Waals surface area contributed by atoms with Crippen molar-refractivity contribution in [2.45, 2.75) is 19.9 Å². The van der Waals surface area contributed by atoms with E-state index in [0.717, 1.165) is 0 Å². The summed E-state index contributed by atoms with van der Waals surface area (Å²) in [6, 6.07) is -0.136. The number of aliphatic hydroxyl groups is 1. The first-order valence-electron chi connectivity index (χ1n) is 5.95. The summed E-state index contributed by atoms with van der Waals surface area (Å²) < 4.78 is 0. The van der Waals surface area contributed by atoms with Gasteiger partial charge >= 0.3 is 0 Å². The molecule has 0 aromatic carbocycles. The number of hydrogen-bond acceptors (Lipinski definition) is 6. The molecule has 6 nitrogen and oxygen atoms in total. The minimum atomic E-state index is -0.255. The van der Waals surface area contributed by atoms with Gasteiger partial charge in [-0.25, -0.2) is 9.97 Å². The van der Waals surface area contributed by atoms with E-state index in [-0.39, 0.29) is 24.5 Å². The van der Waals surface area contributed by atoms with Crippen molar-refractivity contribution in [3.63, 3.8) is 0 Å². The van der Waals surface area contributed by atoms with Crippen LogP contribution in [0.3, 0.4) is 0 Å². The molecule has 7 heteroatoms. The number of nitrogens with two attached hydrogens (primary N) is 1. The van der Waals surface area contributed by atoms with E-state index in [9.17, 15) is 4.79 Å². The lowest BCUT2D eigenvalue weighted by molar-refractivity contribution is 0.0921. The number of nitrogen functional groups attached to an aromatic ring is 1. The summed E-state index contributed by atoms with van der Waals surface area (Å²) in [5, 5.41) is 11.9. The summed E-state index contributed by atoms with van der Waals surface area (Å²) in [6.45, 7) is 3.73. The Bertz CT molecular complexity index is 598. The van der Waals surface area contributed by atoms with Gasteiger partial charge in [0.2, 0.25) is 0 Å². The molecule has 0 saturated carbocycles. The first-order chi connectivity index (χ1) is 9.04. The van der Waals surface area contributed by atoms with E-state index in [4.69, 9.17) is 10.8 Å². The molecule has 0 bridgehead atoms. The number of fused-ring (bicyclic) bond motifs is 1. The van der Waals surface area contributed by atoms with Gasteiger partial charge in [-0.1, -0.05) is 6.92 Å². The smallest absolute Gasteiger partial charge is 0.263 e. The fraction of sp³-hybridized carbons (Fsp3) is 0.417. The van der Waals surface area contributed by atoms with Gasteiger partial charge in [-0.05, 0) is 12.8 Å². The van der Waals surface area contributed by atoms with E-state index >= 15 is 0 Å². The molecule has 102 valence electrons. The van der Waals surface area contributed by atoms with E-state index in [1.807, 2.05) is 13.8 Å². The predicted octanol–water partition coefficient (Wildman–Crippen LogP) is 1.02. The lowest BCUT2D eigenvalue weighted by atomic mass is 10.1. The lowest BCUT2D eigenvalue weighted by Gasteiger charge is -2.18. The Hall–Kier alpha value is -1.73. The van der Waals surface area contributed by atoms with Crippen LogP contribution in [0.1, 0.15) is 23.5 Å². The van der Waals surface area contributed by atoms with Crippen LogP contribution < -0.4 is 11.1 Å². The second-order valence-electron chi connectivity index (χ2n) is 4.48. The van der Waals surface area contributed by atoms with E-state index in [1.54, 1.807) is 12.4 Å². The molecular formula is C12H16N4O2S. The number of amides is 1. The number of nitrogens with one attached hydrogen (secondary N) is 1. The van der Waals surface area contributed by atoms with Crippen molar-refractivity contribution >= 4 is 33.3 Å². The SMILES string of the molecule is CC(CO)C(C)NC(=O)c1sc2nccnc2c1N. The molecule has 0 spiro atoms. The highest BCUT2D eigenvalue weighted by Gasteiger charge is 2.21. The van der Waals surface area contributed by atoms with Gasteiger partial charge in [-0.2, -0.15) is 0 Å². The number of aliphatic hydroxyl groups excluding tert-OH is 1. The quantitative estimate of drug-likeness (QED) is 0.776. The molecule has 0 radical (unpaired) electrons. The summed E-state index contributed by atoms with van der Waals surface area (Å²) in [6.07, 6.45) is 3.11. The molecule has 0 saturated heterocycles. The Labute approximate surface area is 114 Å². The van der Waals surface area contributed by atoms with Crippen LogP contribution in [-0.4, -0.2) is 33.6 Å². The summed E-state index contributed by atoms with van der Waals surface area (Å²) in [7, 11) is 0. The largest absolute Gasteiger partial charge is 0.396 e. The highest BCUT2D eigenvalue weighted by molar-refractivity contribution is 7.21. The predicted molar refractivity (Wildman–Crippen MR) is 75.0 cm³/mol. The van der Waals surface area contributed by atoms with Crippen LogP contribution in [0.15, 0.2) is 12.4 Å². The normalized spacial score (nSPS) is 14.3. The van der Waals surface area contributed by atoms with Crippen LogP contribution in [0.5, 0.6) is 0 Å². The van der Waals surface area contributed by atoms with Crippen LogP contribution in [-0.2, 0) is 0 Å². The minimum Gasteiger partial charge on any atom is -0.396 e. The van der Waals surface area contributed by atoms with E-state index < -0.39 is 0 Å². The Kier molecular flexibility index (Phi) is 3.96. The van der Waals surface area contributed by atoms with Gasteiger partial charge in [0.05, 0.1) is 5.69 Å². The van der Waals surface area contributed by atoms with Crippen LogP contribution in [0.4, 0.5) is 5.69 Å². The maximum Gasteiger partial charge on any atom is 0.263 e. The van der Waals surface area contributed by atoms with Crippen LogP contribution in [0.25, 0.3) is 10.3 Å². The zero-order valence-corrected chi connectivity index (χ0v) is 11.6. The van der Waals surface area contributed by atoms with Gasteiger partial charge < -0.3 is 16.2 Å². The highest BCUT2D eigenvalue weighted by atomic mass is 32.1. The summed E-state index contributed by atoms with van der Waals surface area (Å²) in [5.41, 5.74) is 6.83. The summed E-state index contributed by atoms with van der Waals surface area (Å²) in [4.78, 5) is 21.5. The Morgan fingerprint density at radius 2 is 2.16 bits per heavy atom. The number of carbonyl (C=O) groups excluding carboxylic acids is 1. The lowest BCUT2D eigenvalue weighted by Crippen LogP contribution is -2.38. The standard InChI is InChI=1S/C12H16N4O2S/c1-6(5-17)7(2)16-11(18)10-8(13)9-12(19-10)15-4-3-14-9/h3-4,6-7,17H,5,13H2,1-2H3,(H,16,18). The molecule has 0 fully saturated rings. The van der Waals surface area contributed by atoms with Gasteiger partial charge in [-0.15, -0.1) is 11.3 Å². The molecule has 1 amide bonds. The molecule has 4 N–H and O–H groups in total. The van der Waals surface area contributed by atoms with Crippen molar-refractivity contribution in [1.82, 2.24) is 15.3 Å². The van der Waals surface area contributed by atoms with Crippen molar-refractivity contribution in [2.75, 3.05) is 12.3 Å². The third-order valence-electron chi connectivity index (χ3n) is 3.07. The number of anilines is 1. The van der Waals surface area contributed by atoms with Crippen molar-refractivity contribution < 1.29 is 9.90 Å². The Morgan fingerprint density at radius 3 is 2.79 bits per heavy atom. The molecular weight excluding hydrogens is 264 g/mol. The van der Waals surface area contributed by atoms with Crippen molar-refractivity contribution in [3.05, 3.63) is 17.3 Å². The molecule has 0 aliphatic heterocycles. The average Bonchev–Trinajstić information content (AvgIpc) is 2.75. The molecule has 0 aliphatic rings. The first-order valence-corrected chi connectivity index (χ1v) is 6.77. The third-order valence-corrected chi connectivity index (χ3v) is 4.17. The summed E-state index contributed by atoms with van der Waals surface area (Å²) in [5.74, 6) is -0.272. The van der Waals surface area contributed by atoms with Crippen LogP contribution in [0.2, 0.25) is 0 Å². The molecule has 2 atom stereocenters. The number of hydrogen-bond donors (Lipinski definition) is 3. The monoisotopic (exact) mass is 280 g/mol. The zero-order valence-electron chi connectivity index (χ0n) is 10.8. The Morgan fingerprint density at radius 1 is 1.47 bits per heavy atom. The average molecular weight is 280 g/mol. The molecule has 2 unspecified atom stereocenters. The van der Waals surface area contributed by atoms with Crippen LogP contribution in [0, 0.1) is 5.92 Å².